The molecule has 2 aliphatic heterocycles. The Morgan fingerprint density at radius 1 is 1.12 bits per heavy atom. The predicted octanol–water partition coefficient (Wildman–Crippen LogP) is 2.36. The van der Waals surface area contributed by atoms with Crippen molar-refractivity contribution in [1.29, 1.82) is 0 Å². The number of rotatable bonds is 5. The first-order valence-electron chi connectivity index (χ1n) is 8.78. The van der Waals surface area contributed by atoms with Crippen molar-refractivity contribution in [2.45, 2.75) is 30.6 Å². The third-order valence-corrected chi connectivity index (χ3v) is 7.29. The highest BCUT2D eigenvalue weighted by Gasteiger charge is 2.26. The Balaban J connectivity index is 1.69. The highest BCUT2D eigenvalue weighted by Crippen LogP contribution is 2.23. The van der Waals surface area contributed by atoms with Crippen LogP contribution in [0.4, 0.5) is 10.5 Å². The molecular formula is C17H23N3O4S2. The molecule has 0 bridgehead atoms. The fourth-order valence-corrected chi connectivity index (χ4v) is 5.50. The van der Waals surface area contributed by atoms with Gasteiger partial charge < -0.3 is 10.2 Å². The van der Waals surface area contributed by atoms with Crippen LogP contribution in [0.15, 0.2) is 29.2 Å². The van der Waals surface area contributed by atoms with Crippen molar-refractivity contribution >= 4 is 38.6 Å². The van der Waals surface area contributed by atoms with Crippen molar-refractivity contribution in [2.75, 3.05) is 37.2 Å². The van der Waals surface area contributed by atoms with Crippen molar-refractivity contribution in [3.05, 3.63) is 24.3 Å². The fourth-order valence-electron chi connectivity index (χ4n) is 3.11. The Labute approximate surface area is 158 Å². The van der Waals surface area contributed by atoms with Crippen LogP contribution in [0.1, 0.15) is 25.7 Å². The minimum Gasteiger partial charge on any atom is -0.325 e. The molecule has 1 N–H and O–H groups in total. The van der Waals surface area contributed by atoms with Gasteiger partial charge >= 0.3 is 0 Å². The third kappa shape index (κ3) is 4.57. The molecule has 0 atom stereocenters. The standard InChI is InChI=1S/C17H23N3O4S2/c21-16(13-19-10-11-25-17(19)22)18-14-6-5-7-15(12-14)26(23,24)20-8-3-1-2-4-9-20/h5-7,12H,1-4,8-11,13H2,(H,18,21). The lowest BCUT2D eigenvalue weighted by Crippen LogP contribution is -2.33. The highest BCUT2D eigenvalue weighted by molar-refractivity contribution is 8.13. The van der Waals surface area contributed by atoms with Gasteiger partial charge in [-0.1, -0.05) is 30.7 Å². The Hall–Kier alpha value is -1.58. The van der Waals surface area contributed by atoms with Gasteiger partial charge in [-0.15, -0.1) is 0 Å². The van der Waals surface area contributed by atoms with Gasteiger partial charge in [0.15, 0.2) is 0 Å². The largest absolute Gasteiger partial charge is 0.325 e. The molecular weight excluding hydrogens is 374 g/mol. The lowest BCUT2D eigenvalue weighted by atomic mass is 10.2. The minimum atomic E-state index is -3.56. The summed E-state index contributed by atoms with van der Waals surface area (Å²) in [6.07, 6.45) is 3.85. The maximum atomic E-state index is 12.9. The van der Waals surface area contributed by atoms with E-state index in [0.717, 1.165) is 25.7 Å². The van der Waals surface area contributed by atoms with Gasteiger partial charge in [-0.3, -0.25) is 9.59 Å². The SMILES string of the molecule is O=C(CN1CCSC1=O)Nc1cccc(S(=O)(=O)N2CCCCCC2)c1. The van der Waals surface area contributed by atoms with E-state index in [0.29, 0.717) is 31.1 Å². The summed E-state index contributed by atoms with van der Waals surface area (Å²) < 4.78 is 27.2. The van der Waals surface area contributed by atoms with Gasteiger partial charge in [0.1, 0.15) is 6.54 Å². The van der Waals surface area contributed by atoms with Gasteiger partial charge in [-0.25, -0.2) is 8.42 Å². The predicted molar refractivity (Wildman–Crippen MR) is 102 cm³/mol. The lowest BCUT2D eigenvalue weighted by Gasteiger charge is -2.20. The number of hydrogen-bond donors (Lipinski definition) is 1. The molecule has 1 aromatic carbocycles. The summed E-state index contributed by atoms with van der Waals surface area (Å²) >= 11 is 1.20. The van der Waals surface area contributed by atoms with Crippen LogP contribution in [0.5, 0.6) is 0 Å². The molecule has 142 valence electrons. The summed E-state index contributed by atoms with van der Waals surface area (Å²) in [5, 5.41) is 2.59. The molecule has 2 fully saturated rings. The topological polar surface area (TPSA) is 86.8 Å². The smallest absolute Gasteiger partial charge is 0.282 e. The van der Waals surface area contributed by atoms with E-state index in [-0.39, 0.29) is 22.6 Å². The Morgan fingerprint density at radius 3 is 2.50 bits per heavy atom. The maximum Gasteiger partial charge on any atom is 0.282 e. The van der Waals surface area contributed by atoms with E-state index >= 15 is 0 Å². The highest BCUT2D eigenvalue weighted by atomic mass is 32.2. The molecule has 2 heterocycles. The molecule has 2 aliphatic rings. The molecule has 0 aliphatic carbocycles. The van der Waals surface area contributed by atoms with Crippen molar-refractivity contribution in [1.82, 2.24) is 9.21 Å². The van der Waals surface area contributed by atoms with Crippen LogP contribution >= 0.6 is 11.8 Å². The molecule has 2 amide bonds. The normalized spacial score (nSPS) is 19.4. The average molecular weight is 398 g/mol. The van der Waals surface area contributed by atoms with Gasteiger partial charge in [0, 0.05) is 31.1 Å². The first kappa shape index (κ1) is 19.2. The molecule has 0 radical (unpaired) electrons. The number of amides is 2. The number of thioether (sulfide) groups is 1. The minimum absolute atomic E-state index is 0.0189. The van der Waals surface area contributed by atoms with Crippen LogP contribution < -0.4 is 5.32 Å². The van der Waals surface area contributed by atoms with Crippen LogP contribution in [0.3, 0.4) is 0 Å². The molecule has 0 spiro atoms. The van der Waals surface area contributed by atoms with E-state index in [1.54, 1.807) is 18.2 Å². The second-order valence-electron chi connectivity index (χ2n) is 6.43. The molecule has 0 unspecified atom stereocenters. The molecule has 7 nitrogen and oxygen atoms in total. The molecule has 2 saturated heterocycles. The number of sulfonamides is 1. The van der Waals surface area contributed by atoms with Crippen molar-refractivity contribution in [2.24, 2.45) is 0 Å². The van der Waals surface area contributed by atoms with E-state index < -0.39 is 10.0 Å². The number of carbonyl (C=O) groups is 2. The molecule has 3 rings (SSSR count). The number of nitrogens with zero attached hydrogens (tertiary/aromatic N) is 2. The molecule has 0 aromatic heterocycles. The number of nitrogens with one attached hydrogen (secondary N) is 1. The van der Waals surface area contributed by atoms with Crippen molar-refractivity contribution < 1.29 is 18.0 Å². The van der Waals surface area contributed by atoms with Crippen LogP contribution in [0.2, 0.25) is 0 Å². The maximum absolute atomic E-state index is 12.9. The summed E-state index contributed by atoms with van der Waals surface area (Å²) in [6.45, 7) is 1.61. The van der Waals surface area contributed by atoms with Crippen LogP contribution in [0, 0.1) is 0 Å². The number of benzene rings is 1. The van der Waals surface area contributed by atoms with Crippen LogP contribution in [0.25, 0.3) is 0 Å². The monoisotopic (exact) mass is 397 g/mol. The molecule has 0 saturated carbocycles. The quantitative estimate of drug-likeness (QED) is 0.824. The lowest BCUT2D eigenvalue weighted by molar-refractivity contribution is -0.116. The van der Waals surface area contributed by atoms with Gasteiger partial charge in [0.05, 0.1) is 4.90 Å². The van der Waals surface area contributed by atoms with E-state index in [9.17, 15) is 18.0 Å². The zero-order valence-corrected chi connectivity index (χ0v) is 16.2. The van der Waals surface area contributed by atoms with Gasteiger partial charge in [-0.2, -0.15) is 4.31 Å². The third-order valence-electron chi connectivity index (χ3n) is 4.50. The summed E-state index contributed by atoms with van der Waals surface area (Å²) in [4.78, 5) is 25.4. The second kappa shape index (κ2) is 8.41. The first-order chi connectivity index (χ1) is 12.5. The van der Waals surface area contributed by atoms with E-state index in [4.69, 9.17) is 0 Å². The van der Waals surface area contributed by atoms with E-state index in [1.807, 2.05) is 0 Å². The summed E-state index contributed by atoms with van der Waals surface area (Å²) in [7, 11) is -3.56. The fraction of sp³-hybridized carbons (Fsp3) is 0.529. The van der Waals surface area contributed by atoms with E-state index in [1.165, 1.54) is 27.0 Å². The summed E-state index contributed by atoms with van der Waals surface area (Å²) in [6, 6.07) is 6.31. The Morgan fingerprint density at radius 2 is 1.85 bits per heavy atom. The average Bonchev–Trinajstić information content (AvgIpc) is 2.86. The van der Waals surface area contributed by atoms with Gasteiger partial charge in [0.2, 0.25) is 15.9 Å². The summed E-state index contributed by atoms with van der Waals surface area (Å²) in [5.41, 5.74) is 0.421. The Kier molecular flexibility index (Phi) is 6.20. The number of anilines is 1. The zero-order valence-electron chi connectivity index (χ0n) is 14.5. The second-order valence-corrected chi connectivity index (χ2v) is 9.41. The van der Waals surface area contributed by atoms with Crippen molar-refractivity contribution in [3.63, 3.8) is 0 Å². The number of carbonyl (C=O) groups excluding carboxylic acids is 2. The molecule has 26 heavy (non-hydrogen) atoms. The van der Waals surface area contributed by atoms with Gasteiger partial charge in [-0.05, 0) is 31.0 Å². The van der Waals surface area contributed by atoms with Crippen LogP contribution in [-0.2, 0) is 14.8 Å². The molecule has 1 aromatic rings. The van der Waals surface area contributed by atoms with Crippen LogP contribution in [-0.4, -0.2) is 60.7 Å². The summed E-state index contributed by atoms with van der Waals surface area (Å²) in [5.74, 6) is 0.362. The van der Waals surface area contributed by atoms with Gasteiger partial charge in [0.25, 0.3) is 5.24 Å². The van der Waals surface area contributed by atoms with Crippen molar-refractivity contribution in [3.8, 4) is 0 Å². The number of hydrogen-bond acceptors (Lipinski definition) is 5. The first-order valence-corrected chi connectivity index (χ1v) is 11.2. The van der Waals surface area contributed by atoms with E-state index in [2.05, 4.69) is 5.32 Å². The Bertz CT molecular complexity index is 774. The zero-order chi connectivity index (χ0) is 18.6. The molecule has 9 heteroatoms.